The molecule has 4 nitrogen and oxygen atoms in total. The molecule has 2 amide bonds. The highest BCUT2D eigenvalue weighted by Gasteiger charge is 2.23. The molecule has 2 aromatic rings. The summed E-state index contributed by atoms with van der Waals surface area (Å²) in [6, 6.07) is 6.32. The zero-order chi connectivity index (χ0) is 16.4. The van der Waals surface area contributed by atoms with Crippen molar-refractivity contribution < 1.29 is 14.0 Å². The summed E-state index contributed by atoms with van der Waals surface area (Å²) in [6.07, 6.45) is 1.28. The Morgan fingerprint density at radius 2 is 1.87 bits per heavy atom. The second-order valence-electron chi connectivity index (χ2n) is 5.67. The lowest BCUT2D eigenvalue weighted by Crippen LogP contribution is -2.36. The molecule has 23 heavy (non-hydrogen) atoms. The van der Waals surface area contributed by atoms with E-state index < -0.39 is 0 Å². The maximum absolute atomic E-state index is 13.3. The van der Waals surface area contributed by atoms with E-state index in [2.05, 4.69) is 0 Å². The Hall–Kier alpha value is -1.95. The predicted molar refractivity (Wildman–Crippen MR) is 89.2 cm³/mol. The summed E-state index contributed by atoms with van der Waals surface area (Å²) in [4.78, 5) is 28.7. The number of hydrogen-bond donors (Lipinski definition) is 0. The molecule has 122 valence electrons. The normalized spacial score (nSPS) is 15.7. The minimum atomic E-state index is -0.294. The SMILES string of the molecule is CCC(=O)N1CCCN(C(=O)c2cc3cc(F)ccc3s2)CC1. The number of benzene rings is 1. The van der Waals surface area contributed by atoms with E-state index in [0.29, 0.717) is 37.5 Å². The van der Waals surface area contributed by atoms with Crippen LogP contribution in [0.2, 0.25) is 0 Å². The topological polar surface area (TPSA) is 40.6 Å². The molecular weight excluding hydrogens is 315 g/mol. The molecular formula is C17H19FN2O2S. The fraction of sp³-hybridized carbons (Fsp3) is 0.412. The maximum atomic E-state index is 13.3. The molecule has 1 aromatic heterocycles. The van der Waals surface area contributed by atoms with Gasteiger partial charge in [-0.2, -0.15) is 0 Å². The van der Waals surface area contributed by atoms with Gasteiger partial charge in [0, 0.05) is 37.3 Å². The zero-order valence-corrected chi connectivity index (χ0v) is 13.9. The summed E-state index contributed by atoms with van der Waals surface area (Å²) < 4.78 is 14.2. The van der Waals surface area contributed by atoms with Gasteiger partial charge in [-0.1, -0.05) is 6.92 Å². The average Bonchev–Trinajstić information content (AvgIpc) is 2.81. The first-order chi connectivity index (χ1) is 11.1. The van der Waals surface area contributed by atoms with E-state index in [0.717, 1.165) is 16.5 Å². The molecule has 3 rings (SSSR count). The van der Waals surface area contributed by atoms with Crippen LogP contribution >= 0.6 is 11.3 Å². The third-order valence-corrected chi connectivity index (χ3v) is 5.23. The van der Waals surface area contributed by atoms with Crippen LogP contribution in [-0.2, 0) is 4.79 Å². The van der Waals surface area contributed by atoms with E-state index in [-0.39, 0.29) is 17.6 Å². The van der Waals surface area contributed by atoms with Gasteiger partial charge in [0.25, 0.3) is 5.91 Å². The molecule has 1 aliphatic rings. The molecule has 0 saturated carbocycles. The van der Waals surface area contributed by atoms with Gasteiger partial charge in [0.1, 0.15) is 5.82 Å². The van der Waals surface area contributed by atoms with Gasteiger partial charge in [0.15, 0.2) is 0 Å². The maximum Gasteiger partial charge on any atom is 0.264 e. The summed E-state index contributed by atoms with van der Waals surface area (Å²) in [5.74, 6) is -0.188. The van der Waals surface area contributed by atoms with Crippen molar-refractivity contribution in [1.82, 2.24) is 9.80 Å². The minimum Gasteiger partial charge on any atom is -0.341 e. The lowest BCUT2D eigenvalue weighted by molar-refractivity contribution is -0.130. The molecule has 2 heterocycles. The molecule has 0 unspecified atom stereocenters. The van der Waals surface area contributed by atoms with Crippen LogP contribution in [0.1, 0.15) is 29.4 Å². The van der Waals surface area contributed by atoms with E-state index in [1.807, 2.05) is 11.8 Å². The third-order valence-electron chi connectivity index (χ3n) is 4.13. The smallest absolute Gasteiger partial charge is 0.264 e. The van der Waals surface area contributed by atoms with Crippen LogP contribution in [0.3, 0.4) is 0 Å². The highest BCUT2D eigenvalue weighted by atomic mass is 32.1. The lowest BCUT2D eigenvalue weighted by Gasteiger charge is -2.21. The van der Waals surface area contributed by atoms with E-state index in [4.69, 9.17) is 0 Å². The number of hydrogen-bond acceptors (Lipinski definition) is 3. The highest BCUT2D eigenvalue weighted by Crippen LogP contribution is 2.27. The van der Waals surface area contributed by atoms with Crippen molar-refractivity contribution in [2.24, 2.45) is 0 Å². The highest BCUT2D eigenvalue weighted by molar-refractivity contribution is 7.20. The molecule has 1 fully saturated rings. The summed E-state index contributed by atoms with van der Waals surface area (Å²) in [5.41, 5.74) is 0. The van der Waals surface area contributed by atoms with Crippen molar-refractivity contribution >= 4 is 33.2 Å². The van der Waals surface area contributed by atoms with Crippen molar-refractivity contribution in [2.75, 3.05) is 26.2 Å². The first kappa shape index (κ1) is 15.9. The molecule has 1 aromatic carbocycles. The molecule has 0 radical (unpaired) electrons. The number of amides is 2. The Labute approximate surface area is 138 Å². The van der Waals surface area contributed by atoms with Crippen molar-refractivity contribution in [3.63, 3.8) is 0 Å². The van der Waals surface area contributed by atoms with Gasteiger partial charge in [0.2, 0.25) is 5.91 Å². The van der Waals surface area contributed by atoms with E-state index in [9.17, 15) is 14.0 Å². The largest absolute Gasteiger partial charge is 0.341 e. The fourth-order valence-corrected chi connectivity index (χ4v) is 3.88. The standard InChI is InChI=1S/C17H19FN2O2S/c1-2-16(21)19-6-3-7-20(9-8-19)17(22)15-11-12-10-13(18)4-5-14(12)23-15/h4-5,10-11H,2-3,6-9H2,1H3. The van der Waals surface area contributed by atoms with Gasteiger partial charge in [-0.15, -0.1) is 11.3 Å². The predicted octanol–water partition coefficient (Wildman–Crippen LogP) is 3.12. The first-order valence-corrected chi connectivity index (χ1v) is 8.66. The quantitative estimate of drug-likeness (QED) is 0.847. The Kier molecular flexibility index (Phi) is 4.61. The van der Waals surface area contributed by atoms with Gasteiger partial charge < -0.3 is 9.80 Å². The zero-order valence-electron chi connectivity index (χ0n) is 13.0. The molecule has 1 aliphatic heterocycles. The molecule has 0 aliphatic carbocycles. The van der Waals surface area contributed by atoms with E-state index in [1.165, 1.54) is 23.5 Å². The van der Waals surface area contributed by atoms with Crippen molar-refractivity contribution in [2.45, 2.75) is 19.8 Å². The Morgan fingerprint density at radius 3 is 2.65 bits per heavy atom. The number of carbonyl (C=O) groups excluding carboxylic acids is 2. The van der Waals surface area contributed by atoms with Crippen LogP contribution in [-0.4, -0.2) is 47.8 Å². The van der Waals surface area contributed by atoms with Crippen molar-refractivity contribution in [1.29, 1.82) is 0 Å². The molecule has 0 bridgehead atoms. The first-order valence-electron chi connectivity index (χ1n) is 7.84. The summed E-state index contributed by atoms with van der Waals surface area (Å²) in [6.45, 7) is 4.33. The molecule has 0 spiro atoms. The number of rotatable bonds is 2. The van der Waals surface area contributed by atoms with Gasteiger partial charge in [-0.05, 0) is 36.1 Å². The Morgan fingerprint density at radius 1 is 1.13 bits per heavy atom. The van der Waals surface area contributed by atoms with Gasteiger partial charge in [0.05, 0.1) is 4.88 Å². The number of halogens is 1. The Balaban J connectivity index is 1.75. The van der Waals surface area contributed by atoms with Crippen LogP contribution in [0.5, 0.6) is 0 Å². The Bertz CT molecular complexity index is 743. The minimum absolute atomic E-state index is 0.0302. The van der Waals surface area contributed by atoms with Crippen LogP contribution < -0.4 is 0 Å². The number of nitrogens with zero attached hydrogens (tertiary/aromatic N) is 2. The van der Waals surface area contributed by atoms with Gasteiger partial charge >= 0.3 is 0 Å². The number of thiophene rings is 1. The summed E-state index contributed by atoms with van der Waals surface area (Å²) in [7, 11) is 0. The van der Waals surface area contributed by atoms with Crippen LogP contribution in [0.4, 0.5) is 4.39 Å². The van der Waals surface area contributed by atoms with Crippen LogP contribution in [0.15, 0.2) is 24.3 Å². The van der Waals surface area contributed by atoms with Gasteiger partial charge in [-0.25, -0.2) is 4.39 Å². The summed E-state index contributed by atoms with van der Waals surface area (Å²) in [5, 5.41) is 0.760. The van der Waals surface area contributed by atoms with E-state index in [1.54, 1.807) is 17.0 Å². The van der Waals surface area contributed by atoms with Crippen LogP contribution in [0.25, 0.3) is 10.1 Å². The molecule has 6 heteroatoms. The van der Waals surface area contributed by atoms with Crippen molar-refractivity contribution in [3.8, 4) is 0 Å². The molecule has 0 N–H and O–H groups in total. The fourth-order valence-electron chi connectivity index (χ4n) is 2.87. The summed E-state index contributed by atoms with van der Waals surface area (Å²) >= 11 is 1.39. The lowest BCUT2D eigenvalue weighted by atomic mass is 10.2. The van der Waals surface area contributed by atoms with Crippen LogP contribution in [0, 0.1) is 5.82 Å². The van der Waals surface area contributed by atoms with Crippen molar-refractivity contribution in [3.05, 3.63) is 35.0 Å². The third kappa shape index (κ3) is 3.37. The number of fused-ring (bicyclic) bond motifs is 1. The molecule has 1 saturated heterocycles. The second kappa shape index (κ2) is 6.66. The van der Waals surface area contributed by atoms with E-state index >= 15 is 0 Å². The number of carbonyl (C=O) groups is 2. The average molecular weight is 334 g/mol. The van der Waals surface area contributed by atoms with Gasteiger partial charge in [-0.3, -0.25) is 9.59 Å². The second-order valence-corrected chi connectivity index (χ2v) is 6.76. The monoisotopic (exact) mass is 334 g/mol. The molecule has 0 atom stereocenters.